The van der Waals surface area contributed by atoms with Crippen molar-refractivity contribution >= 4 is 33.2 Å². The standard InChI is InChI=1S/C17H17ClN2O4S/c18-14-10-13(7-8-16(14)24-11-17(19)21)25(22,23)20-9-3-5-12-4-1-2-6-15(12)20/h1-2,4,6-8,10H,3,5,9,11H2,(H2,19,21). The monoisotopic (exact) mass is 380 g/mol. The van der Waals surface area contributed by atoms with Crippen LogP contribution in [0.2, 0.25) is 5.02 Å². The van der Waals surface area contributed by atoms with Crippen molar-refractivity contribution in [2.24, 2.45) is 5.73 Å². The molecule has 0 aliphatic carbocycles. The number of halogens is 1. The lowest BCUT2D eigenvalue weighted by Gasteiger charge is -2.30. The molecule has 25 heavy (non-hydrogen) atoms. The Bertz CT molecular complexity index is 915. The van der Waals surface area contributed by atoms with Crippen molar-refractivity contribution in [3.63, 3.8) is 0 Å². The first-order valence-electron chi connectivity index (χ1n) is 7.71. The van der Waals surface area contributed by atoms with E-state index in [9.17, 15) is 13.2 Å². The van der Waals surface area contributed by atoms with Gasteiger partial charge in [-0.1, -0.05) is 29.8 Å². The number of aryl methyl sites for hydroxylation is 1. The SMILES string of the molecule is NC(=O)COc1ccc(S(=O)(=O)N2CCCc3ccccc32)cc1Cl. The second-order valence-corrected chi connectivity index (χ2v) is 7.93. The Hall–Kier alpha value is -2.25. The van der Waals surface area contributed by atoms with Crippen LogP contribution in [-0.2, 0) is 21.2 Å². The third kappa shape index (κ3) is 3.57. The Morgan fingerprint density at radius 3 is 2.72 bits per heavy atom. The molecule has 0 saturated carbocycles. The van der Waals surface area contributed by atoms with Crippen molar-refractivity contribution in [1.29, 1.82) is 0 Å². The van der Waals surface area contributed by atoms with Crippen molar-refractivity contribution < 1.29 is 17.9 Å². The third-order valence-electron chi connectivity index (χ3n) is 3.93. The number of amides is 1. The fraction of sp³-hybridized carbons (Fsp3) is 0.235. The van der Waals surface area contributed by atoms with E-state index in [2.05, 4.69) is 0 Å². The second-order valence-electron chi connectivity index (χ2n) is 5.66. The molecular weight excluding hydrogens is 364 g/mol. The highest BCUT2D eigenvalue weighted by molar-refractivity contribution is 7.92. The lowest BCUT2D eigenvalue weighted by Crippen LogP contribution is -2.35. The number of carbonyl (C=O) groups is 1. The minimum Gasteiger partial charge on any atom is -0.482 e. The molecule has 2 aromatic carbocycles. The summed E-state index contributed by atoms with van der Waals surface area (Å²) in [7, 11) is -3.74. The van der Waals surface area contributed by atoms with Crippen LogP contribution in [0, 0.1) is 0 Å². The van der Waals surface area contributed by atoms with Crippen LogP contribution in [-0.4, -0.2) is 27.5 Å². The highest BCUT2D eigenvalue weighted by Crippen LogP contribution is 2.34. The fourth-order valence-corrected chi connectivity index (χ4v) is 4.65. The van der Waals surface area contributed by atoms with Gasteiger partial charge in [-0.2, -0.15) is 0 Å². The van der Waals surface area contributed by atoms with Crippen LogP contribution in [0.15, 0.2) is 47.4 Å². The zero-order chi connectivity index (χ0) is 18.0. The van der Waals surface area contributed by atoms with Crippen molar-refractivity contribution in [1.82, 2.24) is 0 Å². The summed E-state index contributed by atoms with van der Waals surface area (Å²) in [4.78, 5) is 10.9. The molecule has 0 spiro atoms. The van der Waals surface area contributed by atoms with Crippen LogP contribution < -0.4 is 14.8 Å². The van der Waals surface area contributed by atoms with Crippen LogP contribution in [0.1, 0.15) is 12.0 Å². The van der Waals surface area contributed by atoms with E-state index < -0.39 is 15.9 Å². The highest BCUT2D eigenvalue weighted by atomic mass is 35.5. The number of nitrogens with zero attached hydrogens (tertiary/aromatic N) is 1. The minimum atomic E-state index is -3.74. The number of fused-ring (bicyclic) bond motifs is 1. The number of rotatable bonds is 5. The van der Waals surface area contributed by atoms with Gasteiger partial charge in [0.05, 0.1) is 15.6 Å². The Morgan fingerprint density at radius 1 is 1.24 bits per heavy atom. The number of primary amides is 1. The number of sulfonamides is 1. The Labute approximate surface area is 151 Å². The fourth-order valence-electron chi connectivity index (χ4n) is 2.78. The molecule has 1 aliphatic rings. The molecule has 1 heterocycles. The average molecular weight is 381 g/mol. The van der Waals surface area contributed by atoms with E-state index in [4.69, 9.17) is 22.1 Å². The molecule has 2 aromatic rings. The number of ether oxygens (including phenoxy) is 1. The molecule has 0 saturated heterocycles. The maximum atomic E-state index is 13.0. The van der Waals surface area contributed by atoms with Crippen molar-refractivity contribution in [2.75, 3.05) is 17.5 Å². The molecule has 132 valence electrons. The minimum absolute atomic E-state index is 0.0700. The molecule has 1 aliphatic heterocycles. The van der Waals surface area contributed by atoms with E-state index in [1.807, 2.05) is 18.2 Å². The van der Waals surface area contributed by atoms with Crippen LogP contribution in [0.4, 0.5) is 5.69 Å². The number of para-hydroxylation sites is 1. The van der Waals surface area contributed by atoms with Crippen molar-refractivity contribution in [2.45, 2.75) is 17.7 Å². The number of nitrogens with two attached hydrogens (primary N) is 1. The summed E-state index contributed by atoms with van der Waals surface area (Å²) in [5.74, 6) is -0.434. The van der Waals surface area contributed by atoms with Gasteiger partial charge in [-0.15, -0.1) is 0 Å². The number of hydrogen-bond acceptors (Lipinski definition) is 4. The van der Waals surface area contributed by atoms with Gasteiger partial charge < -0.3 is 10.5 Å². The molecule has 0 radical (unpaired) electrons. The summed E-state index contributed by atoms with van der Waals surface area (Å²) in [6, 6.07) is 11.6. The van der Waals surface area contributed by atoms with E-state index in [-0.39, 0.29) is 22.3 Å². The number of benzene rings is 2. The molecule has 3 rings (SSSR count). The second kappa shape index (κ2) is 6.93. The normalized spacial score (nSPS) is 14.0. The van der Waals surface area contributed by atoms with Crippen molar-refractivity contribution in [3.8, 4) is 5.75 Å². The summed E-state index contributed by atoms with van der Waals surface area (Å²) in [6.45, 7) is 0.0855. The van der Waals surface area contributed by atoms with Gasteiger partial charge in [-0.3, -0.25) is 9.10 Å². The van der Waals surface area contributed by atoms with Crippen molar-refractivity contribution in [3.05, 3.63) is 53.1 Å². The van der Waals surface area contributed by atoms with E-state index in [0.29, 0.717) is 12.2 Å². The molecule has 1 amide bonds. The Balaban J connectivity index is 1.93. The highest BCUT2D eigenvalue weighted by Gasteiger charge is 2.29. The summed E-state index contributed by atoms with van der Waals surface area (Å²) >= 11 is 6.10. The summed E-state index contributed by atoms with van der Waals surface area (Å²) in [5, 5.41) is 0.104. The van der Waals surface area contributed by atoms with Gasteiger partial charge in [0, 0.05) is 6.54 Å². The van der Waals surface area contributed by atoms with Gasteiger partial charge >= 0.3 is 0 Å². The van der Waals surface area contributed by atoms with E-state index in [0.717, 1.165) is 18.4 Å². The molecule has 2 N–H and O–H groups in total. The lowest BCUT2D eigenvalue weighted by atomic mass is 10.0. The van der Waals surface area contributed by atoms with Crippen LogP contribution in [0.25, 0.3) is 0 Å². The van der Waals surface area contributed by atoms with Crippen LogP contribution in [0.5, 0.6) is 5.75 Å². The van der Waals surface area contributed by atoms with Gasteiger partial charge in [0.1, 0.15) is 5.75 Å². The van der Waals surface area contributed by atoms with E-state index in [1.54, 1.807) is 6.07 Å². The van der Waals surface area contributed by atoms with Gasteiger partial charge in [0.2, 0.25) is 0 Å². The molecule has 0 bridgehead atoms. The molecular formula is C17H17ClN2O4S. The average Bonchev–Trinajstić information content (AvgIpc) is 2.60. The molecule has 0 unspecified atom stereocenters. The number of hydrogen-bond donors (Lipinski definition) is 1. The summed E-state index contributed by atoms with van der Waals surface area (Å²) in [6.07, 6.45) is 1.60. The summed E-state index contributed by atoms with van der Waals surface area (Å²) in [5.41, 5.74) is 6.72. The Kier molecular flexibility index (Phi) is 4.87. The third-order valence-corrected chi connectivity index (χ3v) is 6.03. The first-order valence-corrected chi connectivity index (χ1v) is 9.52. The molecule has 8 heteroatoms. The van der Waals surface area contributed by atoms with E-state index >= 15 is 0 Å². The lowest BCUT2D eigenvalue weighted by molar-refractivity contribution is -0.119. The zero-order valence-electron chi connectivity index (χ0n) is 13.3. The van der Waals surface area contributed by atoms with Gasteiger partial charge in [0.15, 0.2) is 6.61 Å². The predicted molar refractivity (Wildman–Crippen MR) is 95.4 cm³/mol. The molecule has 6 nitrogen and oxygen atoms in total. The Morgan fingerprint density at radius 2 is 2.00 bits per heavy atom. The predicted octanol–water partition coefficient (Wildman–Crippen LogP) is 2.35. The van der Waals surface area contributed by atoms with Gasteiger partial charge in [-0.25, -0.2) is 8.42 Å². The molecule has 0 fully saturated rings. The van der Waals surface area contributed by atoms with Gasteiger partial charge in [-0.05, 0) is 42.7 Å². The maximum Gasteiger partial charge on any atom is 0.264 e. The first kappa shape index (κ1) is 17.6. The maximum absolute atomic E-state index is 13.0. The smallest absolute Gasteiger partial charge is 0.264 e. The number of anilines is 1. The van der Waals surface area contributed by atoms with Crippen LogP contribution >= 0.6 is 11.6 Å². The molecule has 0 atom stereocenters. The van der Waals surface area contributed by atoms with E-state index in [1.165, 1.54) is 22.5 Å². The quantitative estimate of drug-likeness (QED) is 0.862. The number of carbonyl (C=O) groups excluding carboxylic acids is 1. The zero-order valence-corrected chi connectivity index (χ0v) is 14.9. The topological polar surface area (TPSA) is 89.7 Å². The largest absolute Gasteiger partial charge is 0.482 e. The molecule has 0 aromatic heterocycles. The first-order chi connectivity index (χ1) is 11.9. The van der Waals surface area contributed by atoms with Crippen LogP contribution in [0.3, 0.4) is 0 Å². The van der Waals surface area contributed by atoms with Gasteiger partial charge in [0.25, 0.3) is 15.9 Å². The summed E-state index contributed by atoms with van der Waals surface area (Å²) < 4.78 is 32.6.